The number of hydrogen-bond acceptors (Lipinski definition) is 5. The van der Waals surface area contributed by atoms with E-state index in [1.54, 1.807) is 0 Å². The van der Waals surface area contributed by atoms with Gasteiger partial charge in [0.2, 0.25) is 10.0 Å². The molecule has 2 aromatic rings. The molecule has 144 valence electrons. The van der Waals surface area contributed by atoms with Crippen LogP contribution < -0.4 is 5.32 Å². The van der Waals surface area contributed by atoms with Crippen molar-refractivity contribution in [1.29, 1.82) is 0 Å². The number of sulfone groups is 1. The van der Waals surface area contributed by atoms with Crippen LogP contribution in [-0.2, 0) is 19.9 Å². The number of nitrogens with zero attached hydrogens (tertiary/aromatic N) is 1. The van der Waals surface area contributed by atoms with E-state index >= 15 is 0 Å². The largest absolute Gasteiger partial charge is 0.322 e. The van der Waals surface area contributed by atoms with Crippen LogP contribution in [0.2, 0.25) is 0 Å². The molecule has 0 unspecified atom stereocenters. The van der Waals surface area contributed by atoms with Gasteiger partial charge >= 0.3 is 0 Å². The number of benzene rings is 2. The van der Waals surface area contributed by atoms with Crippen LogP contribution in [0.25, 0.3) is 0 Å². The summed E-state index contributed by atoms with van der Waals surface area (Å²) in [6.45, 7) is 0.983. The first kappa shape index (κ1) is 19.5. The highest BCUT2D eigenvalue weighted by molar-refractivity contribution is 7.90. The van der Waals surface area contributed by atoms with E-state index in [0.29, 0.717) is 18.8 Å². The second-order valence-electron chi connectivity index (χ2n) is 6.39. The van der Waals surface area contributed by atoms with E-state index < -0.39 is 25.8 Å². The summed E-state index contributed by atoms with van der Waals surface area (Å²) < 4.78 is 49.7. The summed E-state index contributed by atoms with van der Waals surface area (Å²) in [5.41, 5.74) is 0.627. The maximum Gasteiger partial charge on any atom is 0.255 e. The standard InChI is InChI=1S/C18H20N2O5S2/c1-26(22,23)16-9-7-15(8-10-16)19-18(21)14-5-4-6-17(13-14)27(24,25)20-11-2-3-12-20/h4-10,13H,2-3,11-12H2,1H3,(H,19,21). The minimum absolute atomic E-state index is 0.0875. The number of carbonyl (C=O) groups is 1. The summed E-state index contributed by atoms with van der Waals surface area (Å²) in [6, 6.07) is 11.7. The molecule has 7 nitrogen and oxygen atoms in total. The lowest BCUT2D eigenvalue weighted by molar-refractivity contribution is 0.102. The number of nitrogens with one attached hydrogen (secondary N) is 1. The van der Waals surface area contributed by atoms with Crippen LogP contribution >= 0.6 is 0 Å². The van der Waals surface area contributed by atoms with E-state index in [9.17, 15) is 21.6 Å². The first-order valence-electron chi connectivity index (χ1n) is 8.40. The Hall–Kier alpha value is -2.23. The zero-order valence-electron chi connectivity index (χ0n) is 14.8. The monoisotopic (exact) mass is 408 g/mol. The Balaban J connectivity index is 1.79. The third kappa shape index (κ3) is 4.37. The normalized spacial score (nSPS) is 15.6. The molecule has 1 aliphatic heterocycles. The molecule has 9 heteroatoms. The Morgan fingerprint density at radius 1 is 0.926 bits per heavy atom. The summed E-state index contributed by atoms with van der Waals surface area (Å²) in [6.07, 6.45) is 2.78. The molecular formula is C18H20N2O5S2. The predicted octanol–water partition coefficient (Wildman–Crippen LogP) is 2.13. The fourth-order valence-electron chi connectivity index (χ4n) is 2.86. The molecule has 0 saturated carbocycles. The maximum atomic E-state index is 12.6. The Labute approximate surface area is 159 Å². The van der Waals surface area contributed by atoms with Crippen molar-refractivity contribution in [3.8, 4) is 0 Å². The summed E-state index contributed by atoms with van der Waals surface area (Å²) in [7, 11) is -6.92. The first-order chi connectivity index (χ1) is 12.7. The molecule has 1 amide bonds. The Morgan fingerprint density at radius 2 is 1.56 bits per heavy atom. The molecule has 3 rings (SSSR count). The second kappa shape index (κ2) is 7.41. The molecule has 0 atom stereocenters. The molecular weight excluding hydrogens is 388 g/mol. The third-order valence-electron chi connectivity index (χ3n) is 4.34. The summed E-state index contributed by atoms with van der Waals surface area (Å²) >= 11 is 0. The van der Waals surface area contributed by atoms with Crippen molar-refractivity contribution < 1.29 is 21.6 Å². The summed E-state index contributed by atoms with van der Waals surface area (Å²) in [4.78, 5) is 12.7. The Bertz CT molecular complexity index is 1060. The van der Waals surface area contributed by atoms with Crippen LogP contribution in [0.5, 0.6) is 0 Å². The summed E-state index contributed by atoms with van der Waals surface area (Å²) in [5.74, 6) is -0.472. The van der Waals surface area contributed by atoms with Crippen molar-refractivity contribution in [3.63, 3.8) is 0 Å². The van der Waals surface area contributed by atoms with Crippen LogP contribution in [0.15, 0.2) is 58.3 Å². The second-order valence-corrected chi connectivity index (χ2v) is 10.3. The maximum absolute atomic E-state index is 12.6. The van der Waals surface area contributed by atoms with Gasteiger partial charge in [0, 0.05) is 30.6 Å². The SMILES string of the molecule is CS(=O)(=O)c1ccc(NC(=O)c2cccc(S(=O)(=O)N3CCCC3)c2)cc1. The molecule has 0 radical (unpaired) electrons. The van der Waals surface area contributed by atoms with Crippen molar-refractivity contribution in [2.45, 2.75) is 22.6 Å². The molecule has 27 heavy (non-hydrogen) atoms. The molecule has 0 aliphatic carbocycles. The molecule has 0 bridgehead atoms. The van der Waals surface area contributed by atoms with E-state index in [2.05, 4.69) is 5.32 Å². The molecule has 0 aromatic heterocycles. The minimum atomic E-state index is -3.60. The van der Waals surface area contributed by atoms with Gasteiger partial charge in [-0.3, -0.25) is 4.79 Å². The van der Waals surface area contributed by atoms with Crippen LogP contribution in [0.4, 0.5) is 5.69 Å². The van der Waals surface area contributed by atoms with Gasteiger partial charge in [0.05, 0.1) is 9.79 Å². The van der Waals surface area contributed by atoms with Crippen molar-refractivity contribution in [2.75, 3.05) is 24.7 Å². The van der Waals surface area contributed by atoms with Crippen LogP contribution in [0.3, 0.4) is 0 Å². The van der Waals surface area contributed by atoms with Gasteiger partial charge in [0.1, 0.15) is 0 Å². The highest BCUT2D eigenvalue weighted by Crippen LogP contribution is 2.22. The lowest BCUT2D eigenvalue weighted by atomic mass is 10.2. The molecule has 1 saturated heterocycles. The van der Waals surface area contributed by atoms with Crippen LogP contribution in [-0.4, -0.2) is 46.4 Å². The van der Waals surface area contributed by atoms with E-state index in [1.165, 1.54) is 52.8 Å². The molecule has 1 N–H and O–H groups in total. The highest BCUT2D eigenvalue weighted by Gasteiger charge is 2.27. The number of sulfonamides is 1. The van der Waals surface area contributed by atoms with Gasteiger partial charge < -0.3 is 5.32 Å². The van der Waals surface area contributed by atoms with Gasteiger partial charge in [-0.2, -0.15) is 4.31 Å². The van der Waals surface area contributed by atoms with E-state index in [-0.39, 0.29) is 15.4 Å². The van der Waals surface area contributed by atoms with Crippen molar-refractivity contribution in [1.82, 2.24) is 4.31 Å². The van der Waals surface area contributed by atoms with Gasteiger partial charge in [-0.15, -0.1) is 0 Å². The molecule has 1 heterocycles. The zero-order chi connectivity index (χ0) is 19.7. The van der Waals surface area contributed by atoms with Crippen molar-refractivity contribution >= 4 is 31.5 Å². The highest BCUT2D eigenvalue weighted by atomic mass is 32.2. The molecule has 0 spiro atoms. The Morgan fingerprint density at radius 3 is 2.15 bits per heavy atom. The summed E-state index contributed by atoms with van der Waals surface area (Å²) in [5, 5.41) is 2.64. The number of carbonyl (C=O) groups excluding carboxylic acids is 1. The Kier molecular flexibility index (Phi) is 5.36. The van der Waals surface area contributed by atoms with Gasteiger partial charge in [-0.25, -0.2) is 16.8 Å². The zero-order valence-corrected chi connectivity index (χ0v) is 16.4. The van der Waals surface area contributed by atoms with Crippen LogP contribution in [0, 0.1) is 0 Å². The number of amides is 1. The first-order valence-corrected chi connectivity index (χ1v) is 11.7. The van der Waals surface area contributed by atoms with Crippen LogP contribution in [0.1, 0.15) is 23.2 Å². The number of hydrogen-bond donors (Lipinski definition) is 1. The van der Waals surface area contributed by atoms with Gasteiger partial charge in [0.15, 0.2) is 9.84 Å². The fraction of sp³-hybridized carbons (Fsp3) is 0.278. The number of anilines is 1. The quantitative estimate of drug-likeness (QED) is 0.817. The minimum Gasteiger partial charge on any atom is -0.322 e. The van der Waals surface area contributed by atoms with Gasteiger partial charge in [-0.1, -0.05) is 6.07 Å². The molecule has 2 aromatic carbocycles. The predicted molar refractivity (Wildman–Crippen MR) is 102 cm³/mol. The van der Waals surface area contributed by atoms with E-state index in [0.717, 1.165) is 19.1 Å². The van der Waals surface area contributed by atoms with Gasteiger partial charge in [0.25, 0.3) is 5.91 Å². The van der Waals surface area contributed by atoms with Crippen molar-refractivity contribution in [3.05, 3.63) is 54.1 Å². The average molecular weight is 409 g/mol. The number of rotatable bonds is 5. The van der Waals surface area contributed by atoms with Crippen molar-refractivity contribution in [2.24, 2.45) is 0 Å². The smallest absolute Gasteiger partial charge is 0.255 e. The van der Waals surface area contributed by atoms with E-state index in [4.69, 9.17) is 0 Å². The van der Waals surface area contributed by atoms with E-state index in [1.807, 2.05) is 0 Å². The lowest BCUT2D eigenvalue weighted by Gasteiger charge is -2.16. The fourth-order valence-corrected chi connectivity index (χ4v) is 5.06. The molecule has 1 aliphatic rings. The lowest BCUT2D eigenvalue weighted by Crippen LogP contribution is -2.28. The third-order valence-corrected chi connectivity index (χ3v) is 7.36. The molecule has 1 fully saturated rings. The van der Waals surface area contributed by atoms with Gasteiger partial charge in [-0.05, 0) is 55.3 Å². The average Bonchev–Trinajstić information content (AvgIpc) is 3.17. The topological polar surface area (TPSA) is 101 Å².